The molecule has 208 valence electrons. The van der Waals surface area contributed by atoms with Gasteiger partial charge in [-0.05, 0) is 77.3 Å². The fraction of sp³-hybridized carbons (Fsp3) is 0.172. The molecule has 0 radical (unpaired) electrons. The van der Waals surface area contributed by atoms with Gasteiger partial charge in [0.05, 0.1) is 46.2 Å². The number of halogens is 1. The zero-order valence-corrected chi connectivity index (χ0v) is 24.7. The number of anilines is 1. The molecule has 4 heterocycles. The second-order valence-corrected chi connectivity index (χ2v) is 11.3. The van der Waals surface area contributed by atoms with Gasteiger partial charge < -0.3 is 24.1 Å². The number of nitrogens with zero attached hydrogens (tertiary/aromatic N) is 4. The number of ketones is 1. The summed E-state index contributed by atoms with van der Waals surface area (Å²) in [5.41, 5.74) is 3.14. The van der Waals surface area contributed by atoms with E-state index >= 15 is 0 Å². The summed E-state index contributed by atoms with van der Waals surface area (Å²) < 4.78 is 13.5. The van der Waals surface area contributed by atoms with Crippen molar-refractivity contribution >= 4 is 65.7 Å². The standard InChI is InChI=1S/C29H23BrN4O6S/c1-13-6-5-9-33-14(2)22(32-27(13)33)25(36)21-23(15-10-17(30)24(35)19(11-15)40-4)34(28(38)26(21)37)29-31-18-8-7-16(39-3)12-20(18)41-29/h5-12,23,35-36H,1-4H3. The Hall–Kier alpha value is -4.42. The summed E-state index contributed by atoms with van der Waals surface area (Å²) in [7, 11) is 2.95. The smallest absolute Gasteiger partial charge is 0.301 e. The molecule has 2 aromatic carbocycles. The number of benzene rings is 2. The van der Waals surface area contributed by atoms with Gasteiger partial charge in [-0.15, -0.1) is 0 Å². The molecular formula is C29H23BrN4O6S. The Morgan fingerprint density at radius 2 is 1.85 bits per heavy atom. The van der Waals surface area contributed by atoms with E-state index in [-0.39, 0.29) is 32.4 Å². The molecule has 10 nitrogen and oxygen atoms in total. The normalized spacial score (nSPS) is 16.7. The first-order valence-electron chi connectivity index (χ1n) is 12.4. The number of carbonyl (C=O) groups excluding carboxylic acids is 2. The highest BCUT2D eigenvalue weighted by atomic mass is 79.9. The van der Waals surface area contributed by atoms with Gasteiger partial charge in [0.15, 0.2) is 22.4 Å². The average molecular weight is 635 g/mol. The van der Waals surface area contributed by atoms with Crippen LogP contribution in [-0.2, 0) is 9.59 Å². The Kier molecular flexibility index (Phi) is 6.46. The molecule has 1 aliphatic rings. The third-order valence-corrected chi connectivity index (χ3v) is 8.75. The van der Waals surface area contributed by atoms with Gasteiger partial charge >= 0.3 is 5.91 Å². The van der Waals surface area contributed by atoms with Crippen molar-refractivity contribution in [2.75, 3.05) is 19.1 Å². The van der Waals surface area contributed by atoms with Crippen LogP contribution in [0.4, 0.5) is 5.13 Å². The van der Waals surface area contributed by atoms with E-state index in [1.807, 2.05) is 29.7 Å². The number of aromatic hydroxyl groups is 1. The number of aliphatic hydroxyl groups is 1. The fourth-order valence-corrected chi connectivity index (χ4v) is 6.53. The first-order valence-corrected chi connectivity index (χ1v) is 14.0. The molecule has 1 fully saturated rings. The van der Waals surface area contributed by atoms with Gasteiger partial charge in [-0.1, -0.05) is 17.4 Å². The molecule has 5 aromatic rings. The minimum atomic E-state index is -1.10. The molecule has 12 heteroatoms. The molecule has 3 aromatic heterocycles. The molecule has 6 rings (SSSR count). The molecule has 0 saturated carbocycles. The molecule has 1 amide bonds. The number of fused-ring (bicyclic) bond motifs is 2. The number of rotatable bonds is 5. The number of hydrogen-bond acceptors (Lipinski definition) is 9. The first kappa shape index (κ1) is 26.8. The Morgan fingerprint density at radius 1 is 1.07 bits per heavy atom. The number of amides is 1. The van der Waals surface area contributed by atoms with Crippen LogP contribution in [0.15, 0.2) is 58.7 Å². The van der Waals surface area contributed by atoms with Gasteiger partial charge in [-0.3, -0.25) is 14.5 Å². The molecule has 1 unspecified atom stereocenters. The summed E-state index contributed by atoms with van der Waals surface area (Å²) in [5, 5.41) is 22.4. The van der Waals surface area contributed by atoms with E-state index in [9.17, 15) is 19.8 Å². The van der Waals surface area contributed by atoms with Crippen molar-refractivity contribution in [3.63, 3.8) is 0 Å². The van der Waals surface area contributed by atoms with E-state index in [0.717, 1.165) is 10.3 Å². The predicted molar refractivity (Wildman–Crippen MR) is 158 cm³/mol. The van der Waals surface area contributed by atoms with E-state index in [0.29, 0.717) is 28.2 Å². The number of phenolic OH excluding ortho intramolecular Hbond substituents is 1. The summed E-state index contributed by atoms with van der Waals surface area (Å²) in [6, 6.07) is 11.1. The Balaban J connectivity index is 1.62. The number of aryl methyl sites for hydroxylation is 2. The minimum Gasteiger partial charge on any atom is -0.505 e. The number of methoxy groups -OCH3 is 2. The average Bonchev–Trinajstić information content (AvgIpc) is 3.61. The molecule has 0 bridgehead atoms. The number of thiazole rings is 1. The maximum Gasteiger partial charge on any atom is 0.301 e. The zero-order chi connectivity index (χ0) is 29.2. The van der Waals surface area contributed by atoms with Gasteiger partial charge in [0.1, 0.15) is 17.1 Å². The van der Waals surface area contributed by atoms with Crippen molar-refractivity contribution in [3.05, 3.63) is 81.2 Å². The topological polar surface area (TPSA) is 126 Å². The van der Waals surface area contributed by atoms with Crippen molar-refractivity contribution in [2.24, 2.45) is 0 Å². The number of aliphatic hydroxyl groups excluding tert-OH is 1. The van der Waals surface area contributed by atoms with Crippen LogP contribution in [0.3, 0.4) is 0 Å². The lowest BCUT2D eigenvalue weighted by Crippen LogP contribution is -2.29. The second-order valence-electron chi connectivity index (χ2n) is 9.48. The lowest BCUT2D eigenvalue weighted by Gasteiger charge is -2.23. The van der Waals surface area contributed by atoms with E-state index in [2.05, 4.69) is 25.9 Å². The summed E-state index contributed by atoms with van der Waals surface area (Å²) in [6.45, 7) is 3.67. The highest BCUT2D eigenvalue weighted by Gasteiger charge is 2.49. The van der Waals surface area contributed by atoms with Crippen LogP contribution in [0.25, 0.3) is 21.6 Å². The van der Waals surface area contributed by atoms with Gasteiger partial charge in [-0.25, -0.2) is 9.97 Å². The minimum absolute atomic E-state index is 0.119. The summed E-state index contributed by atoms with van der Waals surface area (Å²) >= 11 is 4.55. The monoisotopic (exact) mass is 634 g/mol. The van der Waals surface area contributed by atoms with Crippen LogP contribution in [-0.4, -0.2) is 50.5 Å². The van der Waals surface area contributed by atoms with Gasteiger partial charge in [-0.2, -0.15) is 0 Å². The highest BCUT2D eigenvalue weighted by molar-refractivity contribution is 9.10. The van der Waals surface area contributed by atoms with Crippen LogP contribution < -0.4 is 14.4 Å². The second kappa shape index (κ2) is 9.89. The highest BCUT2D eigenvalue weighted by Crippen LogP contribution is 2.47. The Labute approximate surface area is 246 Å². The number of ether oxygens (including phenoxy) is 2. The first-order chi connectivity index (χ1) is 19.6. The van der Waals surface area contributed by atoms with E-state index in [1.54, 1.807) is 38.3 Å². The Bertz CT molecular complexity index is 1940. The lowest BCUT2D eigenvalue weighted by molar-refractivity contribution is -0.132. The van der Waals surface area contributed by atoms with Crippen LogP contribution in [0, 0.1) is 13.8 Å². The fourth-order valence-electron chi connectivity index (χ4n) is 5.05. The number of phenols is 1. The number of pyridine rings is 1. The zero-order valence-electron chi connectivity index (χ0n) is 22.3. The van der Waals surface area contributed by atoms with Crippen LogP contribution >= 0.6 is 27.3 Å². The molecule has 0 spiro atoms. The third-order valence-electron chi connectivity index (χ3n) is 7.13. The number of hydrogen-bond donors (Lipinski definition) is 2. The maximum atomic E-state index is 13.7. The number of aromatic nitrogens is 3. The van der Waals surface area contributed by atoms with Crippen LogP contribution in [0.2, 0.25) is 0 Å². The maximum absolute atomic E-state index is 13.7. The van der Waals surface area contributed by atoms with Gasteiger partial charge in [0, 0.05) is 6.20 Å². The Morgan fingerprint density at radius 3 is 2.56 bits per heavy atom. The van der Waals surface area contributed by atoms with Crippen LogP contribution in [0.5, 0.6) is 17.2 Å². The largest absolute Gasteiger partial charge is 0.505 e. The van der Waals surface area contributed by atoms with Gasteiger partial charge in [0.2, 0.25) is 0 Å². The molecule has 41 heavy (non-hydrogen) atoms. The van der Waals surface area contributed by atoms with Crippen LogP contribution in [0.1, 0.15) is 28.6 Å². The molecule has 0 aliphatic carbocycles. The van der Waals surface area contributed by atoms with E-state index in [4.69, 9.17) is 9.47 Å². The summed E-state index contributed by atoms with van der Waals surface area (Å²) in [5.74, 6) is -1.57. The van der Waals surface area contributed by atoms with Gasteiger partial charge in [0.25, 0.3) is 5.78 Å². The summed E-state index contributed by atoms with van der Waals surface area (Å²) in [4.78, 5) is 38.0. The van der Waals surface area contributed by atoms with Crippen molar-refractivity contribution in [3.8, 4) is 17.2 Å². The molecule has 1 saturated heterocycles. The number of carbonyl (C=O) groups is 2. The van der Waals surface area contributed by atoms with E-state index in [1.165, 1.54) is 29.4 Å². The molecule has 1 aliphatic heterocycles. The lowest BCUT2D eigenvalue weighted by atomic mass is 9.96. The molecule has 1 atom stereocenters. The van der Waals surface area contributed by atoms with Crippen molar-refractivity contribution in [2.45, 2.75) is 19.9 Å². The van der Waals surface area contributed by atoms with E-state index < -0.39 is 23.5 Å². The van der Waals surface area contributed by atoms with Crippen molar-refractivity contribution < 1.29 is 29.3 Å². The SMILES string of the molecule is COc1ccc2nc(N3C(=O)C(=O)C(=C(O)c4nc5c(C)cccn5c4C)C3c3cc(Br)c(O)c(OC)c3)sc2c1. The van der Waals surface area contributed by atoms with Crippen molar-refractivity contribution in [1.82, 2.24) is 14.4 Å². The number of Topliss-reactive ketones (excluding diaryl/α,β-unsaturated/α-hetero) is 1. The summed E-state index contributed by atoms with van der Waals surface area (Å²) in [6.07, 6.45) is 1.81. The number of imidazole rings is 1. The third kappa shape index (κ3) is 4.13. The quantitative estimate of drug-likeness (QED) is 0.144. The molecular weight excluding hydrogens is 612 g/mol. The molecule has 2 N–H and O–H groups in total. The van der Waals surface area contributed by atoms with Crippen molar-refractivity contribution in [1.29, 1.82) is 0 Å². The predicted octanol–water partition coefficient (Wildman–Crippen LogP) is 5.67.